The summed E-state index contributed by atoms with van der Waals surface area (Å²) < 4.78 is 66.1. The van der Waals surface area contributed by atoms with E-state index in [-0.39, 0.29) is 44.8 Å². The zero-order valence-corrected chi connectivity index (χ0v) is 18.9. The molecule has 3 heterocycles. The van der Waals surface area contributed by atoms with E-state index in [9.17, 15) is 31.5 Å². The van der Waals surface area contributed by atoms with Gasteiger partial charge in [0, 0.05) is 23.9 Å². The molecule has 3 aromatic rings. The minimum Gasteiger partial charge on any atom is -0.383 e. The second-order valence-corrected chi connectivity index (χ2v) is 8.45. The summed E-state index contributed by atoms with van der Waals surface area (Å²) in [6, 6.07) is 4.27. The van der Waals surface area contributed by atoms with Gasteiger partial charge >= 0.3 is 12.1 Å². The SMILES string of the molecule is CNC(=O)C1(C)C(=O)Nc2nc(-n3nc(CCC(F)(F)C(F)(F)F)c4cc(Cl)ccc43)nc(N)c21. The van der Waals surface area contributed by atoms with E-state index in [1.165, 1.54) is 32.2 Å². The van der Waals surface area contributed by atoms with E-state index in [0.717, 1.165) is 4.68 Å². The fraction of sp³-hybridized carbons (Fsp3) is 0.350. The van der Waals surface area contributed by atoms with Crippen molar-refractivity contribution in [1.82, 2.24) is 25.1 Å². The molecule has 0 saturated heterocycles. The highest BCUT2D eigenvalue weighted by Gasteiger charge is 2.56. The molecule has 4 N–H and O–H groups in total. The number of alkyl halides is 5. The molecule has 15 heteroatoms. The number of nitrogens with zero attached hydrogens (tertiary/aromatic N) is 4. The molecule has 9 nitrogen and oxygen atoms in total. The second-order valence-electron chi connectivity index (χ2n) is 8.01. The molecule has 0 saturated carbocycles. The molecule has 1 aliphatic rings. The van der Waals surface area contributed by atoms with Crippen LogP contribution in [0.25, 0.3) is 16.9 Å². The molecule has 1 unspecified atom stereocenters. The summed E-state index contributed by atoms with van der Waals surface area (Å²) in [5, 5.41) is 9.39. The first-order chi connectivity index (χ1) is 16.2. The lowest BCUT2D eigenvalue weighted by molar-refractivity contribution is -0.284. The van der Waals surface area contributed by atoms with E-state index < -0.39 is 42.2 Å². The average molecular weight is 518 g/mol. The van der Waals surface area contributed by atoms with Crippen LogP contribution in [0, 0.1) is 0 Å². The van der Waals surface area contributed by atoms with Crippen molar-refractivity contribution in [1.29, 1.82) is 0 Å². The summed E-state index contributed by atoms with van der Waals surface area (Å²) in [5.74, 6) is -6.77. The van der Waals surface area contributed by atoms with Gasteiger partial charge in [0.05, 0.1) is 16.8 Å². The third kappa shape index (κ3) is 3.81. The molecule has 186 valence electrons. The number of likely N-dealkylation sites (N-methyl/N-ethyl adjacent to an activating group) is 1. The van der Waals surface area contributed by atoms with Gasteiger partial charge in [0.15, 0.2) is 5.41 Å². The monoisotopic (exact) mass is 517 g/mol. The number of hydrogen-bond donors (Lipinski definition) is 3. The lowest BCUT2D eigenvalue weighted by Crippen LogP contribution is -2.46. The molecule has 35 heavy (non-hydrogen) atoms. The van der Waals surface area contributed by atoms with Crippen molar-refractivity contribution in [2.45, 2.75) is 37.3 Å². The van der Waals surface area contributed by atoms with E-state index in [0.29, 0.717) is 0 Å². The highest BCUT2D eigenvalue weighted by Crippen LogP contribution is 2.41. The number of aromatic nitrogens is 4. The molecule has 0 fully saturated rings. The van der Waals surface area contributed by atoms with E-state index >= 15 is 0 Å². The molecular weight excluding hydrogens is 501 g/mol. The van der Waals surface area contributed by atoms with Gasteiger partial charge in [-0.05, 0) is 31.5 Å². The Morgan fingerprint density at radius 1 is 1.26 bits per heavy atom. The molecule has 0 spiro atoms. The number of nitrogen functional groups attached to an aromatic ring is 1. The first kappa shape index (κ1) is 24.6. The third-order valence-electron chi connectivity index (χ3n) is 5.79. The maximum atomic E-state index is 13.5. The Morgan fingerprint density at radius 2 is 1.94 bits per heavy atom. The molecule has 1 atom stereocenters. The molecule has 1 aliphatic heterocycles. The van der Waals surface area contributed by atoms with Gasteiger partial charge < -0.3 is 16.4 Å². The van der Waals surface area contributed by atoms with Crippen LogP contribution in [0.2, 0.25) is 5.02 Å². The van der Waals surface area contributed by atoms with Crippen molar-refractivity contribution in [3.63, 3.8) is 0 Å². The number of nitrogens with two attached hydrogens (primary N) is 1. The highest BCUT2D eigenvalue weighted by molar-refractivity contribution is 6.31. The largest absolute Gasteiger partial charge is 0.453 e. The molecule has 0 radical (unpaired) electrons. The predicted molar refractivity (Wildman–Crippen MR) is 115 cm³/mol. The molecule has 0 aliphatic carbocycles. The lowest BCUT2D eigenvalue weighted by Gasteiger charge is -2.20. The van der Waals surface area contributed by atoms with E-state index in [1.807, 2.05) is 0 Å². The van der Waals surface area contributed by atoms with Crippen LogP contribution in [0.15, 0.2) is 18.2 Å². The maximum Gasteiger partial charge on any atom is 0.453 e. The normalized spacial score (nSPS) is 18.0. The van der Waals surface area contributed by atoms with Gasteiger partial charge in [0.2, 0.25) is 11.8 Å². The van der Waals surface area contributed by atoms with Crippen molar-refractivity contribution in [3.05, 3.63) is 34.5 Å². The van der Waals surface area contributed by atoms with Crippen molar-refractivity contribution in [3.8, 4) is 5.95 Å². The Balaban J connectivity index is 1.82. The fourth-order valence-electron chi connectivity index (χ4n) is 3.86. The topological polar surface area (TPSA) is 128 Å². The molecular formula is C20H17ClF5N7O2. The lowest BCUT2D eigenvalue weighted by atomic mass is 9.83. The first-order valence-electron chi connectivity index (χ1n) is 10.0. The number of nitrogens with one attached hydrogen (secondary N) is 2. The number of hydrogen-bond acceptors (Lipinski definition) is 6. The summed E-state index contributed by atoms with van der Waals surface area (Å²) in [5.41, 5.74) is 4.54. The molecule has 1 aromatic carbocycles. The van der Waals surface area contributed by atoms with E-state index in [2.05, 4.69) is 25.7 Å². The fourth-order valence-corrected chi connectivity index (χ4v) is 4.04. The van der Waals surface area contributed by atoms with Crippen molar-refractivity contribution in [2.75, 3.05) is 18.1 Å². The Labute approximate surface area is 198 Å². The highest BCUT2D eigenvalue weighted by atomic mass is 35.5. The first-order valence-corrected chi connectivity index (χ1v) is 10.4. The summed E-state index contributed by atoms with van der Waals surface area (Å²) in [6.45, 7) is 1.34. The van der Waals surface area contributed by atoms with Gasteiger partial charge in [0.25, 0.3) is 5.95 Å². The van der Waals surface area contributed by atoms with Gasteiger partial charge in [-0.2, -0.15) is 41.7 Å². The predicted octanol–water partition coefficient (Wildman–Crippen LogP) is 3.14. The van der Waals surface area contributed by atoms with Crippen molar-refractivity contribution < 1.29 is 31.5 Å². The maximum absolute atomic E-state index is 13.5. The average Bonchev–Trinajstić information content (AvgIpc) is 3.25. The van der Waals surface area contributed by atoms with Crippen molar-refractivity contribution >= 4 is 46.0 Å². The zero-order chi connectivity index (χ0) is 25.9. The third-order valence-corrected chi connectivity index (χ3v) is 6.03. The summed E-state index contributed by atoms with van der Waals surface area (Å²) >= 11 is 6.00. The number of amides is 2. The molecule has 0 bridgehead atoms. The van der Waals surface area contributed by atoms with Gasteiger partial charge in [-0.25, -0.2) is 0 Å². The van der Waals surface area contributed by atoms with E-state index in [4.69, 9.17) is 17.3 Å². The number of carbonyl (C=O) groups excluding carboxylic acids is 2. The minimum atomic E-state index is -5.71. The van der Waals surface area contributed by atoms with Crippen LogP contribution >= 0.6 is 11.6 Å². The number of rotatable bonds is 5. The zero-order valence-electron chi connectivity index (χ0n) is 18.1. The number of halogens is 6. The Hall–Kier alpha value is -3.55. The molecule has 2 aromatic heterocycles. The number of carbonyl (C=O) groups is 2. The number of fused-ring (bicyclic) bond motifs is 2. The van der Waals surface area contributed by atoms with Crippen LogP contribution in [0.5, 0.6) is 0 Å². The Morgan fingerprint density at radius 3 is 2.57 bits per heavy atom. The Bertz CT molecular complexity index is 1370. The van der Waals surface area contributed by atoms with Gasteiger partial charge in [0.1, 0.15) is 11.6 Å². The minimum absolute atomic E-state index is 0.0372. The van der Waals surface area contributed by atoms with Crippen LogP contribution in [0.3, 0.4) is 0 Å². The summed E-state index contributed by atoms with van der Waals surface area (Å²) in [7, 11) is 1.34. The second kappa shape index (κ2) is 8.00. The van der Waals surface area contributed by atoms with Gasteiger partial charge in [-0.1, -0.05) is 11.6 Å². The summed E-state index contributed by atoms with van der Waals surface area (Å²) in [6.07, 6.45) is -7.98. The molecule has 4 rings (SSSR count). The van der Waals surface area contributed by atoms with Crippen LogP contribution in [0.4, 0.5) is 33.6 Å². The summed E-state index contributed by atoms with van der Waals surface area (Å²) in [4.78, 5) is 33.3. The van der Waals surface area contributed by atoms with Crippen LogP contribution in [-0.4, -0.2) is 50.7 Å². The van der Waals surface area contributed by atoms with Crippen molar-refractivity contribution in [2.24, 2.45) is 0 Å². The quantitative estimate of drug-likeness (QED) is 0.352. The number of anilines is 2. The van der Waals surface area contributed by atoms with Gasteiger partial charge in [-0.3, -0.25) is 9.59 Å². The van der Waals surface area contributed by atoms with Gasteiger partial charge in [-0.15, -0.1) is 0 Å². The smallest absolute Gasteiger partial charge is 0.383 e. The van der Waals surface area contributed by atoms with Crippen LogP contribution in [0.1, 0.15) is 24.6 Å². The van der Waals surface area contributed by atoms with Crippen LogP contribution in [-0.2, 0) is 21.4 Å². The number of aryl methyl sites for hydroxylation is 1. The molecule has 2 amide bonds. The number of benzene rings is 1. The Kier molecular flexibility index (Phi) is 5.62. The van der Waals surface area contributed by atoms with Crippen LogP contribution < -0.4 is 16.4 Å². The standard InChI is InChI=1S/C20H17ClF5N7O2/c1-18(15(34)28-2)12-13(27)29-17(31-14(12)30-16(18)35)33-11-4-3-8(21)7-9(11)10(32-33)5-6-19(22,23)20(24,25)26/h3-4,7H,5-6H2,1-2H3,(H,28,34)(H3,27,29,30,31,35). The van der Waals surface area contributed by atoms with E-state index in [1.54, 1.807) is 0 Å².